The van der Waals surface area contributed by atoms with Gasteiger partial charge in [0, 0.05) is 18.9 Å². The second-order valence-corrected chi connectivity index (χ2v) is 4.90. The van der Waals surface area contributed by atoms with Crippen LogP contribution in [0.4, 0.5) is 5.95 Å². The monoisotopic (exact) mass is 315 g/mol. The number of nitrogens with zero attached hydrogens (tertiary/aromatic N) is 2. The fourth-order valence-corrected chi connectivity index (χ4v) is 2.06. The Kier molecular flexibility index (Phi) is 6.35. The number of carbonyl (C=O) groups excluding carboxylic acids is 1. The minimum atomic E-state index is -0.405. The predicted molar refractivity (Wildman–Crippen MR) is 87.8 cm³/mol. The van der Waals surface area contributed by atoms with E-state index in [-0.39, 0.29) is 0 Å². The Morgan fingerprint density at radius 3 is 2.74 bits per heavy atom. The van der Waals surface area contributed by atoms with E-state index in [1.807, 2.05) is 18.2 Å². The van der Waals surface area contributed by atoms with Gasteiger partial charge >= 0.3 is 5.97 Å². The van der Waals surface area contributed by atoms with Crippen molar-refractivity contribution in [3.8, 4) is 5.75 Å². The number of anilines is 1. The first-order valence-corrected chi connectivity index (χ1v) is 7.59. The molecule has 0 bridgehead atoms. The Balaban J connectivity index is 1.76. The van der Waals surface area contributed by atoms with Crippen LogP contribution in [0.2, 0.25) is 0 Å². The lowest BCUT2D eigenvalue weighted by Crippen LogP contribution is -2.09. The predicted octanol–water partition coefficient (Wildman–Crippen LogP) is 2.71. The summed E-state index contributed by atoms with van der Waals surface area (Å²) in [7, 11) is 1.66. The van der Waals surface area contributed by atoms with Crippen molar-refractivity contribution >= 4 is 11.9 Å². The average Bonchev–Trinajstić information content (AvgIpc) is 2.59. The third kappa shape index (κ3) is 5.25. The number of hydrogen-bond acceptors (Lipinski definition) is 6. The molecule has 0 radical (unpaired) electrons. The fraction of sp³-hybridized carbons (Fsp3) is 0.353. The Morgan fingerprint density at radius 2 is 2.04 bits per heavy atom. The topological polar surface area (TPSA) is 73.3 Å². The molecule has 0 aliphatic rings. The van der Waals surface area contributed by atoms with Crippen molar-refractivity contribution < 1.29 is 14.3 Å². The molecule has 1 heterocycles. The minimum Gasteiger partial charge on any atom is -0.497 e. The van der Waals surface area contributed by atoms with Crippen LogP contribution >= 0.6 is 0 Å². The smallest absolute Gasteiger partial charge is 0.341 e. The molecule has 0 saturated carbocycles. The molecule has 6 heteroatoms. The third-order valence-corrected chi connectivity index (χ3v) is 3.22. The van der Waals surface area contributed by atoms with E-state index in [0.717, 1.165) is 25.1 Å². The second-order valence-electron chi connectivity index (χ2n) is 4.90. The van der Waals surface area contributed by atoms with Gasteiger partial charge in [0.2, 0.25) is 5.95 Å². The zero-order valence-electron chi connectivity index (χ0n) is 13.4. The van der Waals surface area contributed by atoms with Crippen molar-refractivity contribution in [2.75, 3.05) is 25.6 Å². The molecular weight excluding hydrogens is 294 g/mol. The van der Waals surface area contributed by atoms with Gasteiger partial charge in [-0.2, -0.15) is 0 Å². The first-order valence-electron chi connectivity index (χ1n) is 7.59. The van der Waals surface area contributed by atoms with Crippen molar-refractivity contribution in [2.45, 2.75) is 19.8 Å². The van der Waals surface area contributed by atoms with Crippen molar-refractivity contribution in [2.24, 2.45) is 0 Å². The van der Waals surface area contributed by atoms with Gasteiger partial charge in [0.05, 0.1) is 19.3 Å². The maximum absolute atomic E-state index is 11.5. The number of carbonyl (C=O) groups is 1. The zero-order valence-corrected chi connectivity index (χ0v) is 13.4. The van der Waals surface area contributed by atoms with Crippen LogP contribution in [0.25, 0.3) is 0 Å². The molecule has 6 nitrogen and oxygen atoms in total. The van der Waals surface area contributed by atoms with Crippen LogP contribution in [-0.2, 0) is 11.2 Å². The molecule has 0 amide bonds. The van der Waals surface area contributed by atoms with E-state index in [0.29, 0.717) is 18.1 Å². The highest BCUT2D eigenvalue weighted by Crippen LogP contribution is 2.13. The second kappa shape index (κ2) is 8.73. The molecule has 0 aliphatic heterocycles. The van der Waals surface area contributed by atoms with E-state index in [2.05, 4.69) is 21.4 Å². The molecular formula is C17H21N3O3. The Bertz CT molecular complexity index is 629. The van der Waals surface area contributed by atoms with E-state index in [1.165, 1.54) is 18.0 Å². The van der Waals surface area contributed by atoms with Gasteiger partial charge in [-0.05, 0) is 37.5 Å². The molecule has 1 aromatic heterocycles. The lowest BCUT2D eigenvalue weighted by atomic mass is 10.1. The van der Waals surface area contributed by atoms with Gasteiger partial charge in [-0.25, -0.2) is 14.8 Å². The highest BCUT2D eigenvalue weighted by Gasteiger charge is 2.07. The minimum absolute atomic E-state index is 0.336. The van der Waals surface area contributed by atoms with E-state index >= 15 is 0 Å². The van der Waals surface area contributed by atoms with Crippen LogP contribution in [-0.4, -0.2) is 36.2 Å². The Labute approximate surface area is 135 Å². The Hall–Kier alpha value is -2.63. The van der Waals surface area contributed by atoms with Gasteiger partial charge in [0.15, 0.2) is 0 Å². The number of hydrogen-bond donors (Lipinski definition) is 1. The van der Waals surface area contributed by atoms with Gasteiger partial charge in [0.1, 0.15) is 5.75 Å². The van der Waals surface area contributed by atoms with Crippen LogP contribution in [0.3, 0.4) is 0 Å². The fourth-order valence-electron chi connectivity index (χ4n) is 2.06. The molecule has 0 unspecified atom stereocenters. The largest absolute Gasteiger partial charge is 0.497 e. The lowest BCUT2D eigenvalue weighted by Gasteiger charge is -2.07. The quantitative estimate of drug-likeness (QED) is 0.596. The standard InChI is InChI=1S/C17H21N3O3/c1-3-23-16(21)14-11-19-17(20-12-14)18-9-5-7-13-6-4-8-15(10-13)22-2/h4,6,8,10-12H,3,5,7,9H2,1-2H3,(H,18,19,20). The summed E-state index contributed by atoms with van der Waals surface area (Å²) in [6, 6.07) is 8.03. The van der Waals surface area contributed by atoms with E-state index in [9.17, 15) is 4.79 Å². The summed E-state index contributed by atoms with van der Waals surface area (Å²) in [5.74, 6) is 0.967. The number of rotatable bonds is 8. The van der Waals surface area contributed by atoms with E-state index in [1.54, 1.807) is 14.0 Å². The third-order valence-electron chi connectivity index (χ3n) is 3.22. The van der Waals surface area contributed by atoms with E-state index < -0.39 is 5.97 Å². The van der Waals surface area contributed by atoms with Crippen LogP contribution in [0.15, 0.2) is 36.7 Å². The van der Waals surface area contributed by atoms with Gasteiger partial charge < -0.3 is 14.8 Å². The molecule has 0 fully saturated rings. The van der Waals surface area contributed by atoms with Crippen molar-refractivity contribution in [3.05, 3.63) is 47.8 Å². The summed E-state index contributed by atoms with van der Waals surface area (Å²) in [6.07, 6.45) is 4.81. The number of ether oxygens (including phenoxy) is 2. The van der Waals surface area contributed by atoms with E-state index in [4.69, 9.17) is 9.47 Å². The van der Waals surface area contributed by atoms with Gasteiger partial charge in [-0.1, -0.05) is 12.1 Å². The summed E-state index contributed by atoms with van der Waals surface area (Å²) in [4.78, 5) is 19.7. The van der Waals surface area contributed by atoms with Crippen molar-refractivity contribution in [3.63, 3.8) is 0 Å². The Morgan fingerprint density at radius 1 is 1.26 bits per heavy atom. The van der Waals surface area contributed by atoms with Crippen molar-refractivity contribution in [1.82, 2.24) is 9.97 Å². The van der Waals surface area contributed by atoms with Gasteiger partial charge in [-0.15, -0.1) is 0 Å². The highest BCUT2D eigenvalue weighted by molar-refractivity contribution is 5.88. The number of aryl methyl sites for hydroxylation is 1. The molecule has 2 rings (SSSR count). The van der Waals surface area contributed by atoms with Gasteiger partial charge in [0.25, 0.3) is 0 Å². The number of esters is 1. The molecule has 23 heavy (non-hydrogen) atoms. The maximum atomic E-state index is 11.5. The normalized spacial score (nSPS) is 10.2. The summed E-state index contributed by atoms with van der Waals surface area (Å²) < 4.78 is 10.1. The summed E-state index contributed by atoms with van der Waals surface area (Å²) >= 11 is 0. The number of methoxy groups -OCH3 is 1. The zero-order chi connectivity index (χ0) is 16.5. The highest BCUT2D eigenvalue weighted by atomic mass is 16.5. The molecule has 2 aromatic rings. The van der Waals surface area contributed by atoms with Crippen LogP contribution < -0.4 is 10.1 Å². The van der Waals surface area contributed by atoms with Gasteiger partial charge in [-0.3, -0.25) is 0 Å². The van der Waals surface area contributed by atoms with Crippen LogP contribution in [0.1, 0.15) is 29.3 Å². The SMILES string of the molecule is CCOC(=O)c1cnc(NCCCc2cccc(OC)c2)nc1. The van der Waals surface area contributed by atoms with Crippen LogP contribution in [0.5, 0.6) is 5.75 Å². The molecule has 0 spiro atoms. The van der Waals surface area contributed by atoms with Crippen molar-refractivity contribution in [1.29, 1.82) is 0 Å². The first kappa shape index (κ1) is 16.7. The summed E-state index contributed by atoms with van der Waals surface area (Å²) in [6.45, 7) is 2.84. The first-order chi connectivity index (χ1) is 11.2. The number of aromatic nitrogens is 2. The average molecular weight is 315 g/mol. The molecule has 0 saturated heterocycles. The molecule has 1 aromatic carbocycles. The summed E-state index contributed by atoms with van der Waals surface area (Å²) in [5.41, 5.74) is 1.58. The summed E-state index contributed by atoms with van der Waals surface area (Å²) in [5, 5.41) is 3.14. The molecule has 122 valence electrons. The number of benzene rings is 1. The number of nitrogens with one attached hydrogen (secondary N) is 1. The molecule has 0 aliphatic carbocycles. The lowest BCUT2D eigenvalue weighted by molar-refractivity contribution is 0.0525. The molecule has 0 atom stereocenters. The molecule has 1 N–H and O–H groups in total. The maximum Gasteiger partial charge on any atom is 0.341 e. The van der Waals surface area contributed by atoms with Crippen LogP contribution in [0, 0.1) is 0 Å².